The van der Waals surface area contributed by atoms with Crippen molar-refractivity contribution in [2.75, 3.05) is 0 Å². The molecule has 19 heavy (non-hydrogen) atoms. The molecule has 0 radical (unpaired) electrons. The van der Waals surface area contributed by atoms with Gasteiger partial charge in [-0.05, 0) is 48.4 Å². The van der Waals surface area contributed by atoms with Crippen molar-refractivity contribution in [2.24, 2.45) is 0 Å². The van der Waals surface area contributed by atoms with Gasteiger partial charge in [0, 0.05) is 5.56 Å². The van der Waals surface area contributed by atoms with Crippen LogP contribution in [0.25, 0.3) is 6.08 Å². The Morgan fingerprint density at radius 3 is 2.42 bits per heavy atom. The average Bonchev–Trinajstić information content (AvgIpc) is 2.46. The molecular formula is C17H13NO. The Kier molecular flexibility index (Phi) is 3.90. The number of nitriles is 1. The molecule has 0 bridgehead atoms. The predicted molar refractivity (Wildman–Crippen MR) is 75.7 cm³/mol. The van der Waals surface area contributed by atoms with Crippen LogP contribution in [0.5, 0.6) is 0 Å². The fourth-order valence-electron chi connectivity index (χ4n) is 1.74. The van der Waals surface area contributed by atoms with E-state index >= 15 is 0 Å². The van der Waals surface area contributed by atoms with Crippen LogP contribution in [-0.2, 0) is 0 Å². The van der Waals surface area contributed by atoms with Gasteiger partial charge in [0.2, 0.25) is 0 Å². The summed E-state index contributed by atoms with van der Waals surface area (Å²) in [5, 5.41) is 8.70. The maximum absolute atomic E-state index is 12.0. The Hall–Kier alpha value is -2.66. The van der Waals surface area contributed by atoms with Crippen LogP contribution in [0.3, 0.4) is 0 Å². The molecule has 2 nitrogen and oxygen atoms in total. The van der Waals surface area contributed by atoms with E-state index in [0.29, 0.717) is 11.1 Å². The first-order valence-electron chi connectivity index (χ1n) is 5.99. The van der Waals surface area contributed by atoms with Gasteiger partial charge in [-0.15, -0.1) is 0 Å². The van der Waals surface area contributed by atoms with Crippen molar-refractivity contribution in [3.8, 4) is 6.07 Å². The first kappa shape index (κ1) is 12.8. The number of allylic oxidation sites excluding steroid dienone is 1. The van der Waals surface area contributed by atoms with E-state index in [9.17, 15) is 4.79 Å². The van der Waals surface area contributed by atoms with Gasteiger partial charge in [-0.3, -0.25) is 4.79 Å². The van der Waals surface area contributed by atoms with Crippen molar-refractivity contribution in [3.05, 3.63) is 76.9 Å². The first-order valence-corrected chi connectivity index (χ1v) is 5.99. The molecule has 2 aromatic carbocycles. The Morgan fingerprint density at radius 2 is 1.79 bits per heavy atom. The smallest absolute Gasteiger partial charge is 0.185 e. The van der Waals surface area contributed by atoms with Gasteiger partial charge in [-0.25, -0.2) is 0 Å². The van der Waals surface area contributed by atoms with Gasteiger partial charge in [0.15, 0.2) is 5.78 Å². The summed E-state index contributed by atoms with van der Waals surface area (Å²) >= 11 is 0. The minimum atomic E-state index is -0.0623. The molecule has 0 atom stereocenters. The molecule has 0 aliphatic heterocycles. The third-order valence-electron chi connectivity index (χ3n) is 2.90. The van der Waals surface area contributed by atoms with Crippen molar-refractivity contribution < 1.29 is 4.79 Å². The maximum Gasteiger partial charge on any atom is 0.185 e. The molecule has 0 heterocycles. The number of hydrogen-bond donors (Lipinski definition) is 0. The molecule has 0 aromatic heterocycles. The van der Waals surface area contributed by atoms with Crippen molar-refractivity contribution in [3.63, 3.8) is 0 Å². The predicted octanol–water partition coefficient (Wildman–Crippen LogP) is 3.76. The summed E-state index contributed by atoms with van der Waals surface area (Å²) in [4.78, 5) is 12.0. The molecule has 2 heteroatoms. The zero-order chi connectivity index (χ0) is 13.7. The molecule has 0 amide bonds. The summed E-state index contributed by atoms with van der Waals surface area (Å²) in [6.45, 7) is 2.01. The molecule has 92 valence electrons. The molecule has 0 unspecified atom stereocenters. The number of benzene rings is 2. The monoisotopic (exact) mass is 247 g/mol. The van der Waals surface area contributed by atoms with E-state index < -0.39 is 0 Å². The Morgan fingerprint density at radius 1 is 1.11 bits per heavy atom. The van der Waals surface area contributed by atoms with Gasteiger partial charge in [0.05, 0.1) is 11.6 Å². The maximum atomic E-state index is 12.0. The minimum Gasteiger partial charge on any atom is -0.289 e. The van der Waals surface area contributed by atoms with Gasteiger partial charge in [-0.2, -0.15) is 5.26 Å². The number of aryl methyl sites for hydroxylation is 1. The summed E-state index contributed by atoms with van der Waals surface area (Å²) in [6.07, 6.45) is 3.37. The van der Waals surface area contributed by atoms with Gasteiger partial charge < -0.3 is 0 Å². The highest BCUT2D eigenvalue weighted by molar-refractivity contribution is 6.06. The van der Waals surface area contributed by atoms with Crippen molar-refractivity contribution in [1.82, 2.24) is 0 Å². The molecule has 0 fully saturated rings. The molecule has 2 rings (SSSR count). The van der Waals surface area contributed by atoms with Crippen LogP contribution in [0, 0.1) is 18.3 Å². The Bertz CT molecular complexity index is 660. The third kappa shape index (κ3) is 3.17. The number of carbonyl (C=O) groups excluding carboxylic acids is 1. The summed E-state index contributed by atoms with van der Waals surface area (Å²) in [5.41, 5.74) is 3.30. The second-order valence-corrected chi connectivity index (χ2v) is 4.24. The van der Waals surface area contributed by atoms with Crippen molar-refractivity contribution in [2.45, 2.75) is 6.92 Å². The number of nitrogens with zero attached hydrogens (tertiary/aromatic N) is 1. The number of carbonyl (C=O) groups is 1. The highest BCUT2D eigenvalue weighted by Gasteiger charge is 2.01. The average molecular weight is 247 g/mol. The lowest BCUT2D eigenvalue weighted by Crippen LogP contribution is -1.94. The molecule has 0 saturated carbocycles. The van der Waals surface area contributed by atoms with E-state index in [1.807, 2.05) is 43.3 Å². The zero-order valence-corrected chi connectivity index (χ0v) is 10.6. The lowest BCUT2D eigenvalue weighted by molar-refractivity contribution is 0.104. The van der Waals surface area contributed by atoms with Crippen LogP contribution in [0.15, 0.2) is 54.6 Å². The van der Waals surface area contributed by atoms with E-state index in [-0.39, 0.29) is 5.78 Å². The van der Waals surface area contributed by atoms with Crippen molar-refractivity contribution in [1.29, 1.82) is 5.26 Å². The van der Waals surface area contributed by atoms with Crippen LogP contribution in [-0.4, -0.2) is 5.78 Å². The number of ketones is 1. The third-order valence-corrected chi connectivity index (χ3v) is 2.90. The standard InChI is InChI=1S/C17H13NO/c1-13-4-2-3-5-15(13)10-11-17(19)16-8-6-14(12-18)7-9-16/h2-11H,1H3/b11-10+. The largest absolute Gasteiger partial charge is 0.289 e. The fraction of sp³-hybridized carbons (Fsp3) is 0.0588. The quantitative estimate of drug-likeness (QED) is 0.612. The van der Waals surface area contributed by atoms with Gasteiger partial charge in [0.25, 0.3) is 0 Å². The van der Waals surface area contributed by atoms with E-state index in [2.05, 4.69) is 0 Å². The van der Waals surface area contributed by atoms with Crippen molar-refractivity contribution >= 4 is 11.9 Å². The summed E-state index contributed by atoms with van der Waals surface area (Å²) in [7, 11) is 0. The molecule has 0 spiro atoms. The number of rotatable bonds is 3. The minimum absolute atomic E-state index is 0.0623. The first-order chi connectivity index (χ1) is 9.20. The molecule has 0 saturated heterocycles. The van der Waals surface area contributed by atoms with E-state index in [4.69, 9.17) is 5.26 Å². The van der Waals surface area contributed by atoms with Crippen LogP contribution >= 0.6 is 0 Å². The Labute approximate surface area is 112 Å². The van der Waals surface area contributed by atoms with E-state index in [0.717, 1.165) is 11.1 Å². The summed E-state index contributed by atoms with van der Waals surface area (Å²) < 4.78 is 0. The van der Waals surface area contributed by atoms with Crippen LogP contribution in [0.4, 0.5) is 0 Å². The molecule has 0 N–H and O–H groups in total. The second kappa shape index (κ2) is 5.79. The van der Waals surface area contributed by atoms with E-state index in [1.165, 1.54) is 0 Å². The summed E-state index contributed by atoms with van der Waals surface area (Å²) in [6, 6.07) is 16.6. The topological polar surface area (TPSA) is 40.9 Å². The summed E-state index contributed by atoms with van der Waals surface area (Å²) in [5.74, 6) is -0.0623. The Balaban J connectivity index is 2.17. The highest BCUT2D eigenvalue weighted by Crippen LogP contribution is 2.11. The highest BCUT2D eigenvalue weighted by atomic mass is 16.1. The SMILES string of the molecule is Cc1ccccc1/C=C/C(=O)c1ccc(C#N)cc1. The van der Waals surface area contributed by atoms with Crippen LogP contribution in [0.1, 0.15) is 27.0 Å². The van der Waals surface area contributed by atoms with Gasteiger partial charge in [0.1, 0.15) is 0 Å². The fourth-order valence-corrected chi connectivity index (χ4v) is 1.74. The molecule has 0 aliphatic carbocycles. The lowest BCUT2D eigenvalue weighted by atomic mass is 10.1. The lowest BCUT2D eigenvalue weighted by Gasteiger charge is -1.99. The normalized spacial score (nSPS) is 10.3. The van der Waals surface area contributed by atoms with Gasteiger partial charge in [-0.1, -0.05) is 30.3 Å². The van der Waals surface area contributed by atoms with Crippen LogP contribution < -0.4 is 0 Å². The van der Waals surface area contributed by atoms with Gasteiger partial charge >= 0.3 is 0 Å². The molecule has 2 aromatic rings. The molecular weight excluding hydrogens is 234 g/mol. The number of hydrogen-bond acceptors (Lipinski definition) is 2. The zero-order valence-electron chi connectivity index (χ0n) is 10.6. The van der Waals surface area contributed by atoms with Crippen LogP contribution in [0.2, 0.25) is 0 Å². The molecule has 0 aliphatic rings. The van der Waals surface area contributed by atoms with E-state index in [1.54, 1.807) is 30.3 Å². The second-order valence-electron chi connectivity index (χ2n) is 4.24.